The van der Waals surface area contributed by atoms with Crippen molar-refractivity contribution in [2.75, 3.05) is 6.54 Å². The SMILES string of the molecule is Cn1cncc1C(=O)NCC(Cl)c1ccccc1. The minimum atomic E-state index is -0.233. The normalized spacial score (nSPS) is 12.1. The molecule has 1 atom stereocenters. The lowest BCUT2D eigenvalue weighted by molar-refractivity contribution is 0.0945. The Bertz CT molecular complexity index is 524. The predicted octanol–water partition coefficient (Wildman–Crippen LogP) is 2.13. The van der Waals surface area contributed by atoms with Crippen LogP contribution in [0.5, 0.6) is 0 Å². The van der Waals surface area contributed by atoms with E-state index in [-0.39, 0.29) is 11.3 Å². The number of amides is 1. The molecule has 2 rings (SSSR count). The van der Waals surface area contributed by atoms with Crippen molar-refractivity contribution in [3.8, 4) is 0 Å². The number of aryl methyl sites for hydroxylation is 1. The van der Waals surface area contributed by atoms with Crippen molar-refractivity contribution in [3.63, 3.8) is 0 Å². The smallest absolute Gasteiger partial charge is 0.269 e. The van der Waals surface area contributed by atoms with Crippen molar-refractivity contribution in [1.29, 1.82) is 0 Å². The van der Waals surface area contributed by atoms with Gasteiger partial charge in [0.15, 0.2) is 0 Å². The number of halogens is 1. The summed E-state index contributed by atoms with van der Waals surface area (Å²) in [6.45, 7) is 0.385. The van der Waals surface area contributed by atoms with Crippen molar-refractivity contribution < 1.29 is 4.79 Å². The van der Waals surface area contributed by atoms with Crippen molar-refractivity contribution in [2.24, 2.45) is 7.05 Å². The van der Waals surface area contributed by atoms with Crippen LogP contribution in [0.15, 0.2) is 42.9 Å². The average Bonchev–Trinajstić information content (AvgIpc) is 2.83. The number of benzene rings is 1. The average molecular weight is 264 g/mol. The summed E-state index contributed by atoms with van der Waals surface area (Å²) in [7, 11) is 1.78. The largest absolute Gasteiger partial charge is 0.349 e. The van der Waals surface area contributed by atoms with Crippen LogP contribution in [0.25, 0.3) is 0 Å². The number of aromatic nitrogens is 2. The second kappa shape index (κ2) is 5.69. The molecule has 18 heavy (non-hydrogen) atoms. The van der Waals surface area contributed by atoms with Crippen molar-refractivity contribution >= 4 is 17.5 Å². The first-order chi connectivity index (χ1) is 8.68. The van der Waals surface area contributed by atoms with Crippen LogP contribution in [0.2, 0.25) is 0 Å². The lowest BCUT2D eigenvalue weighted by Gasteiger charge is -2.11. The minimum Gasteiger partial charge on any atom is -0.349 e. The fourth-order valence-electron chi connectivity index (χ4n) is 1.63. The number of nitrogens with zero attached hydrogens (tertiary/aromatic N) is 2. The zero-order chi connectivity index (χ0) is 13.0. The molecule has 1 unspecified atom stereocenters. The Labute approximate surface area is 111 Å². The van der Waals surface area contributed by atoms with E-state index in [9.17, 15) is 4.79 Å². The third kappa shape index (κ3) is 2.90. The van der Waals surface area contributed by atoms with Crippen LogP contribution in [0.1, 0.15) is 21.4 Å². The minimum absolute atomic E-state index is 0.170. The predicted molar refractivity (Wildman–Crippen MR) is 70.6 cm³/mol. The van der Waals surface area contributed by atoms with Gasteiger partial charge in [0.05, 0.1) is 17.9 Å². The quantitative estimate of drug-likeness (QED) is 0.859. The van der Waals surface area contributed by atoms with Gasteiger partial charge in [-0.05, 0) is 5.56 Å². The molecular weight excluding hydrogens is 250 g/mol. The number of imidazole rings is 1. The molecule has 0 fully saturated rings. The van der Waals surface area contributed by atoms with E-state index in [0.29, 0.717) is 12.2 Å². The Morgan fingerprint density at radius 1 is 1.44 bits per heavy atom. The standard InChI is InChI=1S/C13H14ClN3O/c1-17-9-15-8-12(17)13(18)16-7-11(14)10-5-3-2-4-6-10/h2-6,8-9,11H,7H2,1H3,(H,16,18). The summed E-state index contributed by atoms with van der Waals surface area (Å²) in [5.41, 5.74) is 1.51. The highest BCUT2D eigenvalue weighted by Gasteiger charge is 2.12. The summed E-state index contributed by atoms with van der Waals surface area (Å²) >= 11 is 6.21. The summed E-state index contributed by atoms with van der Waals surface area (Å²) in [5.74, 6) is -0.170. The maximum absolute atomic E-state index is 11.8. The number of nitrogens with one attached hydrogen (secondary N) is 1. The van der Waals surface area contributed by atoms with Gasteiger partial charge in [0.2, 0.25) is 0 Å². The Morgan fingerprint density at radius 2 is 2.17 bits per heavy atom. The van der Waals surface area contributed by atoms with Gasteiger partial charge in [0.1, 0.15) is 5.69 Å². The van der Waals surface area contributed by atoms with E-state index >= 15 is 0 Å². The molecule has 0 radical (unpaired) electrons. The number of rotatable bonds is 4. The van der Waals surface area contributed by atoms with Crippen molar-refractivity contribution in [3.05, 3.63) is 54.1 Å². The number of hydrogen-bond acceptors (Lipinski definition) is 2. The second-order valence-corrected chi connectivity index (χ2v) is 4.50. The highest BCUT2D eigenvalue weighted by molar-refractivity contribution is 6.21. The van der Waals surface area contributed by atoms with Crippen LogP contribution < -0.4 is 5.32 Å². The molecule has 94 valence electrons. The molecule has 0 aliphatic carbocycles. The van der Waals surface area contributed by atoms with Crippen LogP contribution in [0, 0.1) is 0 Å². The second-order valence-electron chi connectivity index (χ2n) is 3.98. The van der Waals surface area contributed by atoms with Crippen LogP contribution >= 0.6 is 11.6 Å². The molecule has 1 aromatic heterocycles. The van der Waals surface area contributed by atoms with E-state index in [0.717, 1.165) is 5.56 Å². The van der Waals surface area contributed by atoms with Gasteiger partial charge in [-0.1, -0.05) is 30.3 Å². The molecule has 0 saturated heterocycles. The first kappa shape index (κ1) is 12.6. The van der Waals surface area contributed by atoms with Gasteiger partial charge in [-0.3, -0.25) is 4.79 Å². The number of carbonyl (C=O) groups is 1. The summed E-state index contributed by atoms with van der Waals surface area (Å²) < 4.78 is 1.67. The molecular formula is C13H14ClN3O. The number of alkyl halides is 1. The molecule has 0 bridgehead atoms. The van der Waals surface area contributed by atoms with Crippen molar-refractivity contribution in [1.82, 2.24) is 14.9 Å². The molecule has 4 nitrogen and oxygen atoms in total. The van der Waals surface area contributed by atoms with Crippen LogP contribution in [0.3, 0.4) is 0 Å². The summed E-state index contributed by atoms with van der Waals surface area (Å²) in [4.78, 5) is 15.7. The van der Waals surface area contributed by atoms with Crippen LogP contribution in [0.4, 0.5) is 0 Å². The summed E-state index contributed by atoms with van der Waals surface area (Å²) in [5, 5.41) is 2.56. The molecule has 1 amide bonds. The monoisotopic (exact) mass is 263 g/mol. The van der Waals surface area contributed by atoms with E-state index in [4.69, 9.17) is 11.6 Å². The van der Waals surface area contributed by atoms with Gasteiger partial charge in [-0.25, -0.2) is 4.98 Å². The molecule has 0 aliphatic heterocycles. The van der Waals surface area contributed by atoms with Gasteiger partial charge in [0, 0.05) is 13.6 Å². The lowest BCUT2D eigenvalue weighted by atomic mass is 10.1. The van der Waals surface area contributed by atoms with E-state index in [1.807, 2.05) is 30.3 Å². The number of carbonyl (C=O) groups excluding carboxylic acids is 1. The van der Waals surface area contributed by atoms with Crippen LogP contribution in [-0.2, 0) is 7.05 Å². The van der Waals surface area contributed by atoms with E-state index < -0.39 is 0 Å². The molecule has 1 heterocycles. The molecule has 1 aromatic carbocycles. The summed E-state index contributed by atoms with van der Waals surface area (Å²) in [6, 6.07) is 9.66. The van der Waals surface area contributed by atoms with E-state index in [1.165, 1.54) is 6.20 Å². The fraction of sp³-hybridized carbons (Fsp3) is 0.231. The van der Waals surface area contributed by atoms with E-state index in [1.54, 1.807) is 17.9 Å². The van der Waals surface area contributed by atoms with Gasteiger partial charge < -0.3 is 9.88 Å². The molecule has 1 N–H and O–H groups in total. The number of hydrogen-bond donors (Lipinski definition) is 1. The summed E-state index contributed by atoms with van der Waals surface area (Å²) in [6.07, 6.45) is 3.12. The molecule has 0 spiro atoms. The molecule has 0 aliphatic rings. The molecule has 2 aromatic rings. The molecule has 0 saturated carbocycles. The third-order valence-electron chi connectivity index (χ3n) is 2.65. The lowest BCUT2D eigenvalue weighted by Crippen LogP contribution is -2.28. The van der Waals surface area contributed by atoms with Gasteiger partial charge in [-0.15, -0.1) is 11.6 Å². The zero-order valence-electron chi connectivity index (χ0n) is 10.0. The Morgan fingerprint density at radius 3 is 2.78 bits per heavy atom. The van der Waals surface area contributed by atoms with Crippen LogP contribution in [-0.4, -0.2) is 22.0 Å². The maximum Gasteiger partial charge on any atom is 0.269 e. The Hall–Kier alpha value is -1.81. The van der Waals surface area contributed by atoms with Gasteiger partial charge in [-0.2, -0.15) is 0 Å². The van der Waals surface area contributed by atoms with E-state index in [2.05, 4.69) is 10.3 Å². The Kier molecular flexibility index (Phi) is 3.99. The first-order valence-electron chi connectivity index (χ1n) is 5.62. The first-order valence-corrected chi connectivity index (χ1v) is 6.05. The van der Waals surface area contributed by atoms with Crippen molar-refractivity contribution in [2.45, 2.75) is 5.38 Å². The maximum atomic E-state index is 11.8. The topological polar surface area (TPSA) is 46.9 Å². The highest BCUT2D eigenvalue weighted by atomic mass is 35.5. The van der Waals surface area contributed by atoms with Gasteiger partial charge in [0.25, 0.3) is 5.91 Å². The molecule has 5 heteroatoms. The zero-order valence-corrected chi connectivity index (χ0v) is 10.8. The third-order valence-corrected chi connectivity index (χ3v) is 3.06. The Balaban J connectivity index is 1.93. The van der Waals surface area contributed by atoms with Gasteiger partial charge >= 0.3 is 0 Å². The fourth-order valence-corrected chi connectivity index (χ4v) is 1.85. The highest BCUT2D eigenvalue weighted by Crippen LogP contribution is 2.18.